The molecule has 0 aliphatic carbocycles. The fraction of sp³-hybridized carbons (Fsp3) is 0.176. The molecule has 1 unspecified atom stereocenters. The van der Waals surface area contributed by atoms with Crippen molar-refractivity contribution < 1.29 is 9.15 Å². The summed E-state index contributed by atoms with van der Waals surface area (Å²) in [4.78, 5) is 0. The number of hydrogen-bond acceptors (Lipinski definition) is 3. The number of nitrogens with two attached hydrogens (primary N) is 1. The molecular weight excluding hydrogens is 286 g/mol. The van der Waals surface area contributed by atoms with Gasteiger partial charge in [-0.2, -0.15) is 0 Å². The number of halogens is 1. The van der Waals surface area contributed by atoms with Gasteiger partial charge in [-0.25, -0.2) is 0 Å². The van der Waals surface area contributed by atoms with Crippen LogP contribution in [0.4, 0.5) is 0 Å². The Morgan fingerprint density at radius 2 is 2.00 bits per heavy atom. The van der Waals surface area contributed by atoms with Crippen LogP contribution in [0.25, 0.3) is 11.0 Å². The molecule has 0 bridgehead atoms. The average molecular weight is 302 g/mol. The molecule has 1 atom stereocenters. The molecule has 108 valence electrons. The lowest BCUT2D eigenvalue weighted by molar-refractivity contribution is 0.405. The molecule has 21 heavy (non-hydrogen) atoms. The topological polar surface area (TPSA) is 48.4 Å². The fourth-order valence-corrected chi connectivity index (χ4v) is 2.66. The Morgan fingerprint density at radius 3 is 2.76 bits per heavy atom. The van der Waals surface area contributed by atoms with Crippen molar-refractivity contribution in [2.75, 3.05) is 7.11 Å². The van der Waals surface area contributed by atoms with Crippen LogP contribution in [0.15, 0.2) is 52.9 Å². The van der Waals surface area contributed by atoms with Crippen LogP contribution >= 0.6 is 11.6 Å². The minimum Gasteiger partial charge on any atom is -0.496 e. The Kier molecular flexibility index (Phi) is 3.86. The first kappa shape index (κ1) is 14.0. The molecule has 0 saturated heterocycles. The first-order chi connectivity index (χ1) is 10.2. The van der Waals surface area contributed by atoms with Crippen LogP contribution < -0.4 is 10.5 Å². The van der Waals surface area contributed by atoms with E-state index in [-0.39, 0.29) is 6.04 Å². The van der Waals surface area contributed by atoms with Gasteiger partial charge in [-0.05, 0) is 30.2 Å². The van der Waals surface area contributed by atoms with Gasteiger partial charge in [0.25, 0.3) is 0 Å². The molecule has 0 aliphatic heterocycles. The third-order valence-corrected chi connectivity index (χ3v) is 3.81. The molecule has 3 rings (SSSR count). The summed E-state index contributed by atoms with van der Waals surface area (Å²) in [5.74, 6) is 1.56. The fourth-order valence-electron chi connectivity index (χ4n) is 2.44. The summed E-state index contributed by atoms with van der Waals surface area (Å²) in [6, 6.07) is 15.2. The van der Waals surface area contributed by atoms with Gasteiger partial charge in [-0.3, -0.25) is 0 Å². The second-order valence-electron chi connectivity index (χ2n) is 4.93. The number of rotatable bonds is 4. The molecule has 2 N–H and O–H groups in total. The first-order valence-electron chi connectivity index (χ1n) is 6.74. The lowest BCUT2D eigenvalue weighted by Crippen LogP contribution is -2.13. The molecule has 0 amide bonds. The summed E-state index contributed by atoms with van der Waals surface area (Å²) in [6.07, 6.45) is 0.640. The van der Waals surface area contributed by atoms with E-state index in [1.54, 1.807) is 7.11 Å². The molecule has 3 aromatic rings. The molecule has 3 nitrogen and oxygen atoms in total. The van der Waals surface area contributed by atoms with E-state index in [0.29, 0.717) is 17.0 Å². The maximum Gasteiger partial charge on any atom is 0.152 e. The van der Waals surface area contributed by atoms with Crippen LogP contribution in [0.3, 0.4) is 0 Å². The van der Waals surface area contributed by atoms with Crippen LogP contribution in [-0.2, 0) is 6.42 Å². The van der Waals surface area contributed by atoms with E-state index < -0.39 is 0 Å². The Bertz CT molecular complexity index is 766. The summed E-state index contributed by atoms with van der Waals surface area (Å²) in [6.45, 7) is 0. The summed E-state index contributed by atoms with van der Waals surface area (Å²) in [5.41, 5.74) is 8.01. The molecule has 0 aliphatic rings. The third kappa shape index (κ3) is 2.75. The smallest absolute Gasteiger partial charge is 0.152 e. The van der Waals surface area contributed by atoms with E-state index in [0.717, 1.165) is 22.5 Å². The molecule has 4 heteroatoms. The van der Waals surface area contributed by atoms with Crippen molar-refractivity contribution in [2.24, 2.45) is 5.73 Å². The zero-order chi connectivity index (χ0) is 14.8. The van der Waals surface area contributed by atoms with Crippen LogP contribution in [0.1, 0.15) is 17.4 Å². The minimum atomic E-state index is -0.246. The van der Waals surface area contributed by atoms with Crippen LogP contribution in [0, 0.1) is 0 Å². The molecule has 0 spiro atoms. The second kappa shape index (κ2) is 5.80. The average Bonchev–Trinajstić information content (AvgIpc) is 2.93. The summed E-state index contributed by atoms with van der Waals surface area (Å²) in [7, 11) is 1.66. The van der Waals surface area contributed by atoms with E-state index >= 15 is 0 Å². The van der Waals surface area contributed by atoms with Crippen molar-refractivity contribution in [2.45, 2.75) is 12.5 Å². The highest BCUT2D eigenvalue weighted by atomic mass is 35.5. The maximum atomic E-state index is 6.27. The van der Waals surface area contributed by atoms with E-state index in [9.17, 15) is 0 Å². The van der Waals surface area contributed by atoms with Crippen molar-refractivity contribution in [1.29, 1.82) is 0 Å². The Hall–Kier alpha value is -1.97. The molecule has 1 aromatic heterocycles. The van der Waals surface area contributed by atoms with Crippen molar-refractivity contribution in [3.63, 3.8) is 0 Å². The zero-order valence-corrected chi connectivity index (χ0v) is 12.4. The molecular formula is C17H16ClNO2. The number of fused-ring (bicyclic) bond motifs is 1. The summed E-state index contributed by atoms with van der Waals surface area (Å²) < 4.78 is 11.2. The van der Waals surface area contributed by atoms with Crippen molar-refractivity contribution in [3.05, 3.63) is 64.9 Å². The highest BCUT2D eigenvalue weighted by molar-refractivity contribution is 6.34. The van der Waals surface area contributed by atoms with E-state index in [1.807, 2.05) is 48.5 Å². The van der Waals surface area contributed by atoms with E-state index in [4.69, 9.17) is 26.5 Å². The molecule has 1 heterocycles. The van der Waals surface area contributed by atoms with E-state index in [1.165, 1.54) is 0 Å². The van der Waals surface area contributed by atoms with Gasteiger partial charge in [-0.1, -0.05) is 41.9 Å². The van der Waals surface area contributed by atoms with Gasteiger partial charge in [0, 0.05) is 5.39 Å². The number of methoxy groups -OCH3 is 1. The number of furan rings is 1. The van der Waals surface area contributed by atoms with Gasteiger partial charge in [0.05, 0.1) is 18.2 Å². The van der Waals surface area contributed by atoms with Crippen molar-refractivity contribution in [1.82, 2.24) is 0 Å². The minimum absolute atomic E-state index is 0.246. The maximum absolute atomic E-state index is 6.27. The lowest BCUT2D eigenvalue weighted by atomic mass is 10.0. The Morgan fingerprint density at radius 1 is 1.19 bits per heavy atom. The normalized spacial score (nSPS) is 12.5. The standard InChI is InChI=1S/C17H16ClNO2/c1-20-15-8-3-2-5-11(15)9-14(19)16-10-12-6-4-7-13(18)17(12)21-16/h2-8,10,14H,9,19H2,1H3. The number of benzene rings is 2. The monoisotopic (exact) mass is 301 g/mol. The quantitative estimate of drug-likeness (QED) is 0.780. The number of hydrogen-bond donors (Lipinski definition) is 1. The zero-order valence-electron chi connectivity index (χ0n) is 11.7. The van der Waals surface area contributed by atoms with Gasteiger partial charge in [0.1, 0.15) is 11.5 Å². The molecule has 0 radical (unpaired) electrons. The molecule has 0 saturated carbocycles. The molecule has 2 aromatic carbocycles. The first-order valence-corrected chi connectivity index (χ1v) is 7.12. The highest BCUT2D eigenvalue weighted by Gasteiger charge is 2.15. The van der Waals surface area contributed by atoms with Crippen LogP contribution in [0.2, 0.25) is 5.02 Å². The highest BCUT2D eigenvalue weighted by Crippen LogP contribution is 2.31. The Balaban J connectivity index is 1.90. The van der Waals surface area contributed by atoms with Gasteiger partial charge >= 0.3 is 0 Å². The summed E-state index contributed by atoms with van der Waals surface area (Å²) >= 11 is 6.13. The van der Waals surface area contributed by atoms with Crippen molar-refractivity contribution in [3.8, 4) is 5.75 Å². The molecule has 0 fully saturated rings. The largest absolute Gasteiger partial charge is 0.496 e. The predicted octanol–water partition coefficient (Wildman–Crippen LogP) is 4.34. The van der Waals surface area contributed by atoms with Crippen LogP contribution in [0.5, 0.6) is 5.75 Å². The van der Waals surface area contributed by atoms with Gasteiger partial charge in [0.15, 0.2) is 5.58 Å². The SMILES string of the molecule is COc1ccccc1CC(N)c1cc2cccc(Cl)c2o1. The summed E-state index contributed by atoms with van der Waals surface area (Å²) in [5, 5.41) is 1.57. The van der Waals surface area contributed by atoms with E-state index in [2.05, 4.69) is 0 Å². The van der Waals surface area contributed by atoms with Crippen molar-refractivity contribution >= 4 is 22.6 Å². The third-order valence-electron chi connectivity index (χ3n) is 3.51. The van der Waals surface area contributed by atoms with Crippen LogP contribution in [-0.4, -0.2) is 7.11 Å². The lowest BCUT2D eigenvalue weighted by Gasteiger charge is -2.12. The van der Waals surface area contributed by atoms with Gasteiger partial charge in [-0.15, -0.1) is 0 Å². The van der Waals surface area contributed by atoms with Gasteiger partial charge < -0.3 is 14.9 Å². The Labute approximate surface area is 128 Å². The number of ether oxygens (including phenoxy) is 1. The number of para-hydroxylation sites is 2. The predicted molar refractivity (Wildman–Crippen MR) is 84.9 cm³/mol. The van der Waals surface area contributed by atoms with Gasteiger partial charge in [0.2, 0.25) is 0 Å². The second-order valence-corrected chi connectivity index (χ2v) is 5.34.